The van der Waals surface area contributed by atoms with Gasteiger partial charge in [0.05, 0.1) is 11.4 Å². The highest BCUT2D eigenvalue weighted by Gasteiger charge is 2.26. The zero-order chi connectivity index (χ0) is 12.5. The Morgan fingerprint density at radius 3 is 2.53 bits per heavy atom. The Kier molecular flexibility index (Phi) is 3.32. The van der Waals surface area contributed by atoms with E-state index in [1.807, 2.05) is 6.07 Å². The normalized spacial score (nSPS) is 20.2. The largest absolute Gasteiger partial charge is 0.397 e. The van der Waals surface area contributed by atoms with Crippen LogP contribution in [-0.2, 0) is 0 Å². The topological polar surface area (TPSA) is 38.0 Å². The first-order valence-corrected chi connectivity index (χ1v) is 6.59. The van der Waals surface area contributed by atoms with Gasteiger partial charge in [0.15, 0.2) is 0 Å². The summed E-state index contributed by atoms with van der Waals surface area (Å²) in [6.07, 6.45) is 5.10. The van der Waals surface area contributed by atoms with E-state index in [2.05, 4.69) is 38.2 Å². The highest BCUT2D eigenvalue weighted by Crippen LogP contribution is 2.36. The summed E-state index contributed by atoms with van der Waals surface area (Å²) in [6, 6.07) is 6.79. The molecule has 2 heteroatoms. The summed E-state index contributed by atoms with van der Waals surface area (Å²) in [4.78, 5) is 0. The van der Waals surface area contributed by atoms with E-state index in [9.17, 15) is 0 Å². The van der Waals surface area contributed by atoms with Crippen LogP contribution in [0.25, 0.3) is 0 Å². The van der Waals surface area contributed by atoms with Crippen molar-refractivity contribution in [1.29, 1.82) is 0 Å². The van der Waals surface area contributed by atoms with Crippen LogP contribution < -0.4 is 11.1 Å². The van der Waals surface area contributed by atoms with Gasteiger partial charge >= 0.3 is 0 Å². The molecule has 0 atom stereocenters. The molecule has 0 aromatic heterocycles. The molecule has 0 spiro atoms. The molecule has 0 aliphatic heterocycles. The Morgan fingerprint density at radius 1 is 1.24 bits per heavy atom. The Morgan fingerprint density at radius 2 is 1.88 bits per heavy atom. The molecule has 1 saturated carbocycles. The average molecular weight is 232 g/mol. The molecule has 1 fully saturated rings. The second-order valence-corrected chi connectivity index (χ2v) is 6.17. The van der Waals surface area contributed by atoms with Gasteiger partial charge in [0, 0.05) is 6.04 Å². The molecule has 1 aliphatic rings. The molecule has 3 N–H and O–H groups in total. The summed E-state index contributed by atoms with van der Waals surface area (Å²) in [7, 11) is 0. The molecule has 17 heavy (non-hydrogen) atoms. The van der Waals surface area contributed by atoms with Crippen molar-refractivity contribution < 1.29 is 0 Å². The molecule has 0 bridgehead atoms. The highest BCUT2D eigenvalue weighted by atomic mass is 14.9. The van der Waals surface area contributed by atoms with Gasteiger partial charge in [0.2, 0.25) is 0 Å². The summed E-state index contributed by atoms with van der Waals surface area (Å²) in [6.45, 7) is 6.84. The van der Waals surface area contributed by atoms with Crippen molar-refractivity contribution in [2.75, 3.05) is 11.1 Å². The maximum atomic E-state index is 6.00. The molecule has 1 aromatic rings. The van der Waals surface area contributed by atoms with Crippen LogP contribution in [0.2, 0.25) is 0 Å². The van der Waals surface area contributed by atoms with Crippen molar-refractivity contribution >= 4 is 11.4 Å². The van der Waals surface area contributed by atoms with Gasteiger partial charge in [-0.25, -0.2) is 0 Å². The van der Waals surface area contributed by atoms with Gasteiger partial charge in [-0.15, -0.1) is 0 Å². The standard InChI is InChI=1S/C15H24N2/c1-11-4-5-13(16)14(10-11)17-12-6-8-15(2,3)9-7-12/h4-5,10,12,17H,6-9,16H2,1-3H3. The average Bonchev–Trinajstić information content (AvgIpc) is 2.26. The molecular formula is C15H24N2. The summed E-state index contributed by atoms with van der Waals surface area (Å²) in [5.41, 5.74) is 9.75. The van der Waals surface area contributed by atoms with Crippen LogP contribution >= 0.6 is 0 Å². The highest BCUT2D eigenvalue weighted by molar-refractivity contribution is 5.67. The van der Waals surface area contributed by atoms with E-state index in [-0.39, 0.29) is 0 Å². The van der Waals surface area contributed by atoms with Crippen LogP contribution in [-0.4, -0.2) is 6.04 Å². The predicted molar refractivity (Wildman–Crippen MR) is 75.3 cm³/mol. The van der Waals surface area contributed by atoms with Crippen LogP contribution in [0.4, 0.5) is 11.4 Å². The second kappa shape index (κ2) is 4.59. The minimum absolute atomic E-state index is 0.524. The van der Waals surface area contributed by atoms with Gasteiger partial charge in [0.1, 0.15) is 0 Å². The lowest BCUT2D eigenvalue weighted by atomic mass is 9.75. The third kappa shape index (κ3) is 3.15. The minimum Gasteiger partial charge on any atom is -0.397 e. The van der Waals surface area contributed by atoms with Crippen molar-refractivity contribution in [2.24, 2.45) is 5.41 Å². The number of hydrogen-bond donors (Lipinski definition) is 2. The van der Waals surface area contributed by atoms with E-state index in [4.69, 9.17) is 5.73 Å². The lowest BCUT2D eigenvalue weighted by Crippen LogP contribution is -2.30. The third-order valence-electron chi connectivity index (χ3n) is 3.91. The smallest absolute Gasteiger partial charge is 0.0578 e. The van der Waals surface area contributed by atoms with Crippen LogP contribution in [0.1, 0.15) is 45.1 Å². The van der Waals surface area contributed by atoms with Crippen molar-refractivity contribution in [3.63, 3.8) is 0 Å². The van der Waals surface area contributed by atoms with Crippen LogP contribution in [0.5, 0.6) is 0 Å². The molecule has 0 unspecified atom stereocenters. The zero-order valence-corrected chi connectivity index (χ0v) is 11.2. The van der Waals surface area contributed by atoms with E-state index < -0.39 is 0 Å². The van der Waals surface area contributed by atoms with Crippen molar-refractivity contribution in [3.05, 3.63) is 23.8 Å². The monoisotopic (exact) mass is 232 g/mol. The lowest BCUT2D eigenvalue weighted by molar-refractivity contribution is 0.232. The summed E-state index contributed by atoms with van der Waals surface area (Å²) >= 11 is 0. The van der Waals surface area contributed by atoms with E-state index in [1.165, 1.54) is 31.2 Å². The number of benzene rings is 1. The van der Waals surface area contributed by atoms with Crippen molar-refractivity contribution in [1.82, 2.24) is 0 Å². The number of hydrogen-bond acceptors (Lipinski definition) is 2. The Labute approximate surface area is 105 Å². The maximum absolute atomic E-state index is 6.00. The molecule has 2 nitrogen and oxygen atoms in total. The van der Waals surface area contributed by atoms with E-state index in [0.29, 0.717) is 11.5 Å². The Balaban J connectivity index is 2.00. The lowest BCUT2D eigenvalue weighted by Gasteiger charge is -2.35. The number of nitrogens with two attached hydrogens (primary N) is 1. The molecule has 1 aromatic carbocycles. The molecule has 2 rings (SSSR count). The summed E-state index contributed by atoms with van der Waals surface area (Å²) < 4.78 is 0. The molecule has 1 aliphatic carbocycles. The van der Waals surface area contributed by atoms with E-state index in [0.717, 1.165) is 11.4 Å². The van der Waals surface area contributed by atoms with Gasteiger partial charge in [-0.3, -0.25) is 0 Å². The molecular weight excluding hydrogens is 208 g/mol. The zero-order valence-electron chi connectivity index (χ0n) is 11.2. The van der Waals surface area contributed by atoms with Crippen molar-refractivity contribution in [2.45, 2.75) is 52.5 Å². The van der Waals surface area contributed by atoms with E-state index in [1.54, 1.807) is 0 Å². The number of anilines is 2. The van der Waals surface area contributed by atoms with Gasteiger partial charge in [-0.2, -0.15) is 0 Å². The molecule has 94 valence electrons. The van der Waals surface area contributed by atoms with E-state index >= 15 is 0 Å². The first kappa shape index (κ1) is 12.3. The summed E-state index contributed by atoms with van der Waals surface area (Å²) in [5, 5.41) is 3.60. The second-order valence-electron chi connectivity index (χ2n) is 6.17. The first-order valence-electron chi connectivity index (χ1n) is 6.59. The molecule has 0 saturated heterocycles. The van der Waals surface area contributed by atoms with Gasteiger partial charge in [-0.05, 0) is 55.7 Å². The fraction of sp³-hybridized carbons (Fsp3) is 0.600. The minimum atomic E-state index is 0.524. The Bertz CT molecular complexity index is 386. The maximum Gasteiger partial charge on any atom is 0.0578 e. The van der Waals surface area contributed by atoms with Gasteiger partial charge in [0.25, 0.3) is 0 Å². The van der Waals surface area contributed by atoms with Crippen LogP contribution in [0, 0.1) is 12.3 Å². The number of nitrogen functional groups attached to an aromatic ring is 1. The number of nitrogens with one attached hydrogen (secondary N) is 1. The first-order chi connectivity index (χ1) is 7.96. The van der Waals surface area contributed by atoms with Crippen molar-refractivity contribution in [3.8, 4) is 0 Å². The fourth-order valence-electron chi connectivity index (χ4n) is 2.56. The van der Waals surface area contributed by atoms with Crippen LogP contribution in [0.15, 0.2) is 18.2 Å². The molecule has 0 radical (unpaired) electrons. The molecule has 0 heterocycles. The predicted octanol–water partition coefficient (Wildman–Crippen LogP) is 3.96. The quantitative estimate of drug-likeness (QED) is 0.757. The van der Waals surface area contributed by atoms with Crippen LogP contribution in [0.3, 0.4) is 0 Å². The molecule has 0 amide bonds. The third-order valence-corrected chi connectivity index (χ3v) is 3.91. The summed E-state index contributed by atoms with van der Waals surface area (Å²) in [5.74, 6) is 0. The number of rotatable bonds is 2. The SMILES string of the molecule is Cc1ccc(N)c(NC2CCC(C)(C)CC2)c1. The van der Waals surface area contributed by atoms with Gasteiger partial charge < -0.3 is 11.1 Å². The fourth-order valence-corrected chi connectivity index (χ4v) is 2.56. The number of aryl methyl sites for hydroxylation is 1. The Hall–Kier alpha value is -1.18. The van der Waals surface area contributed by atoms with Gasteiger partial charge in [-0.1, -0.05) is 19.9 Å².